The number of halogens is 1. The summed E-state index contributed by atoms with van der Waals surface area (Å²) in [5.41, 5.74) is 6.37. The minimum absolute atomic E-state index is 0.128. The summed E-state index contributed by atoms with van der Waals surface area (Å²) in [6.07, 6.45) is 0. The molecule has 0 radical (unpaired) electrons. The SMILES string of the molecule is Cc1cccc(Nc2ccc(F)c(N)c2C(=O)O)c1C#N. The number of nitrogen functional groups attached to an aromatic ring is 1. The van der Waals surface area contributed by atoms with Crippen molar-refractivity contribution in [2.45, 2.75) is 6.92 Å². The first-order valence-electron chi connectivity index (χ1n) is 6.03. The van der Waals surface area contributed by atoms with Gasteiger partial charge in [-0.05, 0) is 30.7 Å². The summed E-state index contributed by atoms with van der Waals surface area (Å²) in [6, 6.07) is 9.52. The number of aryl methyl sites for hydroxylation is 1. The summed E-state index contributed by atoms with van der Waals surface area (Å²) in [6.45, 7) is 1.76. The second-order valence-electron chi connectivity index (χ2n) is 4.42. The molecule has 6 heteroatoms. The van der Waals surface area contributed by atoms with Gasteiger partial charge in [-0.3, -0.25) is 0 Å². The van der Waals surface area contributed by atoms with Crippen molar-refractivity contribution in [1.82, 2.24) is 0 Å². The maximum absolute atomic E-state index is 13.4. The van der Waals surface area contributed by atoms with Crippen molar-refractivity contribution in [2.24, 2.45) is 0 Å². The van der Waals surface area contributed by atoms with E-state index in [2.05, 4.69) is 5.32 Å². The van der Waals surface area contributed by atoms with Gasteiger partial charge in [0.1, 0.15) is 17.4 Å². The molecule has 2 rings (SSSR count). The molecule has 0 aliphatic carbocycles. The van der Waals surface area contributed by atoms with Crippen LogP contribution in [-0.2, 0) is 0 Å². The third-order valence-electron chi connectivity index (χ3n) is 3.06. The van der Waals surface area contributed by atoms with Gasteiger partial charge in [0.15, 0.2) is 0 Å². The highest BCUT2D eigenvalue weighted by atomic mass is 19.1. The quantitative estimate of drug-likeness (QED) is 0.753. The Kier molecular flexibility index (Phi) is 3.76. The van der Waals surface area contributed by atoms with Gasteiger partial charge in [-0.15, -0.1) is 0 Å². The average Bonchev–Trinajstić information content (AvgIpc) is 2.43. The highest BCUT2D eigenvalue weighted by Gasteiger charge is 2.18. The zero-order valence-corrected chi connectivity index (χ0v) is 11.1. The number of anilines is 3. The summed E-state index contributed by atoms with van der Waals surface area (Å²) in [5, 5.41) is 21.2. The Morgan fingerprint density at radius 1 is 1.33 bits per heavy atom. The number of aromatic carboxylic acids is 1. The lowest BCUT2D eigenvalue weighted by Gasteiger charge is -2.14. The summed E-state index contributed by atoms with van der Waals surface area (Å²) in [7, 11) is 0. The predicted octanol–water partition coefficient (Wildman–Crippen LogP) is 3.03. The number of nitrogens with one attached hydrogen (secondary N) is 1. The number of nitrogens with zero attached hydrogens (tertiary/aromatic N) is 1. The lowest BCUT2D eigenvalue weighted by atomic mass is 10.1. The van der Waals surface area contributed by atoms with Crippen molar-refractivity contribution >= 4 is 23.0 Å². The topological polar surface area (TPSA) is 99.1 Å². The van der Waals surface area contributed by atoms with Crippen LogP contribution in [0.15, 0.2) is 30.3 Å². The monoisotopic (exact) mass is 285 g/mol. The smallest absolute Gasteiger partial charge is 0.340 e. The molecule has 0 aromatic heterocycles. The van der Waals surface area contributed by atoms with Gasteiger partial charge in [-0.25, -0.2) is 9.18 Å². The van der Waals surface area contributed by atoms with Crippen molar-refractivity contribution in [3.8, 4) is 6.07 Å². The number of carboxylic acid groups (broad SMARTS) is 1. The highest BCUT2D eigenvalue weighted by molar-refractivity contribution is 6.01. The van der Waals surface area contributed by atoms with E-state index in [9.17, 15) is 14.3 Å². The Morgan fingerprint density at radius 2 is 2.05 bits per heavy atom. The molecule has 21 heavy (non-hydrogen) atoms. The summed E-state index contributed by atoms with van der Waals surface area (Å²) < 4.78 is 13.4. The highest BCUT2D eigenvalue weighted by Crippen LogP contribution is 2.29. The molecule has 0 unspecified atom stereocenters. The minimum Gasteiger partial charge on any atom is -0.478 e. The van der Waals surface area contributed by atoms with Crippen LogP contribution in [0.4, 0.5) is 21.5 Å². The Labute approximate surface area is 120 Å². The molecule has 0 spiro atoms. The largest absolute Gasteiger partial charge is 0.478 e. The molecular weight excluding hydrogens is 273 g/mol. The Morgan fingerprint density at radius 3 is 2.67 bits per heavy atom. The molecule has 4 N–H and O–H groups in total. The number of nitriles is 1. The molecule has 0 atom stereocenters. The average molecular weight is 285 g/mol. The van der Waals surface area contributed by atoms with Crippen LogP contribution in [0, 0.1) is 24.1 Å². The number of benzene rings is 2. The van der Waals surface area contributed by atoms with Crippen LogP contribution < -0.4 is 11.1 Å². The van der Waals surface area contributed by atoms with Crippen molar-refractivity contribution in [1.29, 1.82) is 5.26 Å². The molecule has 2 aromatic carbocycles. The summed E-state index contributed by atoms with van der Waals surface area (Å²) in [4.78, 5) is 11.3. The van der Waals surface area contributed by atoms with Crippen LogP contribution in [0.5, 0.6) is 0 Å². The molecule has 0 aliphatic rings. The van der Waals surface area contributed by atoms with Gasteiger partial charge in [0.2, 0.25) is 0 Å². The Bertz CT molecular complexity index is 766. The van der Waals surface area contributed by atoms with Gasteiger partial charge >= 0.3 is 5.97 Å². The number of carbonyl (C=O) groups is 1. The molecule has 5 nitrogen and oxygen atoms in total. The molecule has 0 saturated carbocycles. The fourth-order valence-corrected chi connectivity index (χ4v) is 1.99. The fraction of sp³-hybridized carbons (Fsp3) is 0.0667. The van der Waals surface area contributed by atoms with Crippen LogP contribution in [0.25, 0.3) is 0 Å². The Balaban J connectivity index is 2.56. The first-order valence-corrected chi connectivity index (χ1v) is 6.03. The number of rotatable bonds is 3. The minimum atomic E-state index is -1.35. The molecule has 106 valence electrons. The predicted molar refractivity (Wildman–Crippen MR) is 76.9 cm³/mol. The number of hydrogen-bond acceptors (Lipinski definition) is 4. The molecule has 0 saturated heterocycles. The second kappa shape index (κ2) is 5.51. The van der Waals surface area contributed by atoms with E-state index in [1.165, 1.54) is 6.07 Å². The van der Waals surface area contributed by atoms with Crippen LogP contribution in [0.1, 0.15) is 21.5 Å². The molecule has 0 fully saturated rings. The molecule has 0 bridgehead atoms. The van der Waals surface area contributed by atoms with Crippen molar-refractivity contribution in [3.63, 3.8) is 0 Å². The van der Waals surface area contributed by atoms with Crippen LogP contribution in [-0.4, -0.2) is 11.1 Å². The number of nitrogens with two attached hydrogens (primary N) is 1. The third kappa shape index (κ3) is 2.62. The van der Waals surface area contributed by atoms with E-state index < -0.39 is 17.5 Å². The van der Waals surface area contributed by atoms with E-state index in [0.717, 1.165) is 11.6 Å². The van der Waals surface area contributed by atoms with Crippen molar-refractivity contribution < 1.29 is 14.3 Å². The van der Waals surface area contributed by atoms with Crippen molar-refractivity contribution in [3.05, 3.63) is 52.8 Å². The van der Waals surface area contributed by atoms with Gasteiger partial charge in [-0.1, -0.05) is 12.1 Å². The van der Waals surface area contributed by atoms with E-state index in [1.54, 1.807) is 25.1 Å². The fourth-order valence-electron chi connectivity index (χ4n) is 1.99. The van der Waals surface area contributed by atoms with Crippen LogP contribution in [0.3, 0.4) is 0 Å². The van der Waals surface area contributed by atoms with Gasteiger partial charge in [-0.2, -0.15) is 5.26 Å². The van der Waals surface area contributed by atoms with E-state index in [1.807, 2.05) is 6.07 Å². The first-order chi connectivity index (χ1) is 9.95. The Hall–Kier alpha value is -3.07. The lowest BCUT2D eigenvalue weighted by Crippen LogP contribution is -2.09. The third-order valence-corrected chi connectivity index (χ3v) is 3.06. The molecule has 0 aliphatic heterocycles. The van der Waals surface area contributed by atoms with Gasteiger partial charge in [0.25, 0.3) is 0 Å². The van der Waals surface area contributed by atoms with Crippen LogP contribution >= 0.6 is 0 Å². The van der Waals surface area contributed by atoms with Gasteiger partial charge < -0.3 is 16.2 Å². The van der Waals surface area contributed by atoms with Gasteiger partial charge in [0.05, 0.1) is 22.6 Å². The number of carboxylic acids is 1. The second-order valence-corrected chi connectivity index (χ2v) is 4.42. The zero-order chi connectivity index (χ0) is 15.6. The van der Waals surface area contributed by atoms with E-state index in [-0.39, 0.29) is 11.3 Å². The van der Waals surface area contributed by atoms with Crippen LogP contribution in [0.2, 0.25) is 0 Å². The van der Waals surface area contributed by atoms with E-state index >= 15 is 0 Å². The normalized spacial score (nSPS) is 9.95. The summed E-state index contributed by atoms with van der Waals surface area (Å²) >= 11 is 0. The molecule has 0 amide bonds. The van der Waals surface area contributed by atoms with E-state index in [4.69, 9.17) is 11.0 Å². The van der Waals surface area contributed by atoms with Crippen molar-refractivity contribution in [2.75, 3.05) is 11.1 Å². The maximum atomic E-state index is 13.4. The first kappa shape index (κ1) is 14.3. The molecule has 0 heterocycles. The lowest BCUT2D eigenvalue weighted by molar-refractivity contribution is 0.0698. The summed E-state index contributed by atoms with van der Waals surface area (Å²) in [5.74, 6) is -2.15. The van der Waals surface area contributed by atoms with E-state index in [0.29, 0.717) is 11.3 Å². The zero-order valence-electron chi connectivity index (χ0n) is 11.1. The molecular formula is C15H12FN3O2. The number of hydrogen-bond donors (Lipinski definition) is 3. The standard InChI is InChI=1S/C15H12FN3O2/c1-8-3-2-4-11(9(8)7-17)19-12-6-5-10(16)14(18)13(12)15(20)21/h2-6,19H,18H2,1H3,(H,20,21). The maximum Gasteiger partial charge on any atom is 0.340 e. The van der Waals surface area contributed by atoms with Gasteiger partial charge in [0, 0.05) is 0 Å². The molecule has 2 aromatic rings.